The summed E-state index contributed by atoms with van der Waals surface area (Å²) < 4.78 is 5.49. The number of phenols is 1. The Kier molecular flexibility index (Phi) is 4.56. The van der Waals surface area contributed by atoms with Crippen LogP contribution in [0.3, 0.4) is 0 Å². The summed E-state index contributed by atoms with van der Waals surface area (Å²) in [4.78, 5) is 12.0. The molecule has 0 amide bonds. The lowest BCUT2D eigenvalue weighted by Crippen LogP contribution is -1.96. The molecule has 0 atom stereocenters. The minimum Gasteiger partial charge on any atom is -0.507 e. The molecular formula is C17H16O3. The molecule has 0 heterocycles. The van der Waals surface area contributed by atoms with E-state index >= 15 is 0 Å². The third-order valence-corrected chi connectivity index (χ3v) is 2.80. The highest BCUT2D eigenvalue weighted by Gasteiger charge is 2.07. The summed E-state index contributed by atoms with van der Waals surface area (Å²) in [7, 11) is 0. The molecule has 0 saturated heterocycles. The molecule has 0 aliphatic carbocycles. The first kappa shape index (κ1) is 13.9. The summed E-state index contributed by atoms with van der Waals surface area (Å²) in [6.45, 7) is 2.48. The van der Waals surface area contributed by atoms with Gasteiger partial charge in [-0.1, -0.05) is 30.3 Å². The van der Waals surface area contributed by atoms with E-state index in [0.717, 1.165) is 11.3 Å². The minimum absolute atomic E-state index is 0.0137. The van der Waals surface area contributed by atoms with E-state index < -0.39 is 0 Å². The molecule has 0 bridgehead atoms. The van der Waals surface area contributed by atoms with Gasteiger partial charge in [0, 0.05) is 5.56 Å². The van der Waals surface area contributed by atoms with Crippen molar-refractivity contribution in [2.45, 2.75) is 6.92 Å². The van der Waals surface area contributed by atoms with Crippen molar-refractivity contribution in [1.29, 1.82) is 0 Å². The van der Waals surface area contributed by atoms with Gasteiger partial charge in [0.1, 0.15) is 11.5 Å². The summed E-state index contributed by atoms with van der Waals surface area (Å²) in [5.41, 5.74) is 1.12. The third-order valence-electron chi connectivity index (χ3n) is 2.80. The molecule has 0 radical (unpaired) electrons. The van der Waals surface area contributed by atoms with E-state index in [1.165, 1.54) is 12.1 Å². The highest BCUT2D eigenvalue weighted by Crippen LogP contribution is 2.21. The molecule has 20 heavy (non-hydrogen) atoms. The maximum atomic E-state index is 12.0. The average molecular weight is 268 g/mol. The number of allylic oxidation sites excluding steroid dienone is 1. The van der Waals surface area contributed by atoms with Gasteiger partial charge in [-0.2, -0.15) is 0 Å². The first-order chi connectivity index (χ1) is 9.72. The molecule has 0 aliphatic rings. The van der Waals surface area contributed by atoms with Crippen LogP contribution in [0.4, 0.5) is 0 Å². The number of hydrogen-bond acceptors (Lipinski definition) is 3. The number of ketones is 1. The highest BCUT2D eigenvalue weighted by atomic mass is 16.5. The van der Waals surface area contributed by atoms with Crippen molar-refractivity contribution in [2.24, 2.45) is 0 Å². The summed E-state index contributed by atoms with van der Waals surface area (Å²) in [6.07, 6.45) is 3.13. The van der Waals surface area contributed by atoms with Gasteiger partial charge in [-0.3, -0.25) is 4.79 Å². The number of para-hydroxylation sites is 2. The molecule has 0 unspecified atom stereocenters. The predicted octanol–water partition coefficient (Wildman–Crippen LogP) is 3.69. The zero-order valence-corrected chi connectivity index (χ0v) is 11.2. The van der Waals surface area contributed by atoms with Crippen LogP contribution in [0, 0.1) is 0 Å². The van der Waals surface area contributed by atoms with Crippen molar-refractivity contribution in [3.8, 4) is 11.5 Å². The van der Waals surface area contributed by atoms with Crippen molar-refractivity contribution < 1.29 is 14.6 Å². The second-order valence-electron chi connectivity index (χ2n) is 4.19. The number of carbonyl (C=O) groups is 1. The van der Waals surface area contributed by atoms with Crippen LogP contribution in [0.1, 0.15) is 22.8 Å². The fraction of sp³-hybridized carbons (Fsp3) is 0.118. The van der Waals surface area contributed by atoms with Gasteiger partial charge in [0.2, 0.25) is 0 Å². The van der Waals surface area contributed by atoms with E-state index in [1.54, 1.807) is 24.3 Å². The number of benzene rings is 2. The molecule has 0 saturated carbocycles. The zero-order chi connectivity index (χ0) is 14.4. The molecule has 0 spiro atoms. The molecule has 3 heteroatoms. The Bertz CT molecular complexity index is 630. The SMILES string of the molecule is CCOc1ccccc1/C=C/C(=O)c1ccccc1O. The number of rotatable bonds is 5. The average Bonchev–Trinajstić information content (AvgIpc) is 2.47. The fourth-order valence-electron chi connectivity index (χ4n) is 1.84. The maximum Gasteiger partial charge on any atom is 0.189 e. The summed E-state index contributed by atoms with van der Waals surface area (Å²) >= 11 is 0. The largest absolute Gasteiger partial charge is 0.507 e. The molecule has 3 nitrogen and oxygen atoms in total. The van der Waals surface area contributed by atoms with Gasteiger partial charge >= 0.3 is 0 Å². The summed E-state index contributed by atoms with van der Waals surface area (Å²) in [5.74, 6) is 0.478. The van der Waals surface area contributed by atoms with Gasteiger partial charge in [-0.15, -0.1) is 0 Å². The second kappa shape index (κ2) is 6.57. The molecule has 0 fully saturated rings. The van der Waals surface area contributed by atoms with E-state index in [4.69, 9.17) is 4.74 Å². The molecule has 2 aromatic carbocycles. The Morgan fingerprint density at radius 1 is 1.15 bits per heavy atom. The van der Waals surface area contributed by atoms with Gasteiger partial charge in [-0.05, 0) is 37.3 Å². The molecule has 0 aliphatic heterocycles. The smallest absolute Gasteiger partial charge is 0.189 e. The second-order valence-corrected chi connectivity index (χ2v) is 4.19. The van der Waals surface area contributed by atoms with E-state index in [0.29, 0.717) is 6.61 Å². The van der Waals surface area contributed by atoms with Crippen LogP contribution in [0.2, 0.25) is 0 Å². The number of carbonyl (C=O) groups excluding carboxylic acids is 1. The van der Waals surface area contributed by atoms with Gasteiger partial charge in [0.25, 0.3) is 0 Å². The normalized spacial score (nSPS) is 10.7. The number of phenolic OH excluding ortho intramolecular Hbond substituents is 1. The number of aromatic hydroxyl groups is 1. The predicted molar refractivity (Wildman–Crippen MR) is 79.1 cm³/mol. The molecule has 2 rings (SSSR count). The van der Waals surface area contributed by atoms with E-state index in [2.05, 4.69) is 0 Å². The third kappa shape index (κ3) is 3.26. The molecule has 1 N–H and O–H groups in total. The zero-order valence-electron chi connectivity index (χ0n) is 11.2. The van der Waals surface area contributed by atoms with Crippen molar-refractivity contribution >= 4 is 11.9 Å². The van der Waals surface area contributed by atoms with E-state index in [9.17, 15) is 9.90 Å². The first-order valence-corrected chi connectivity index (χ1v) is 6.44. The fourth-order valence-corrected chi connectivity index (χ4v) is 1.84. The van der Waals surface area contributed by atoms with Crippen LogP contribution in [-0.2, 0) is 0 Å². The molecule has 102 valence electrons. The minimum atomic E-state index is -0.241. The maximum absolute atomic E-state index is 12.0. The van der Waals surface area contributed by atoms with Gasteiger partial charge in [0.15, 0.2) is 5.78 Å². The van der Waals surface area contributed by atoms with Gasteiger partial charge < -0.3 is 9.84 Å². The van der Waals surface area contributed by atoms with Gasteiger partial charge in [0.05, 0.1) is 12.2 Å². The lowest BCUT2D eigenvalue weighted by Gasteiger charge is -2.06. The molecular weight excluding hydrogens is 252 g/mol. The van der Waals surface area contributed by atoms with Gasteiger partial charge in [-0.25, -0.2) is 0 Å². The standard InChI is InChI=1S/C17H16O3/c1-2-20-17-10-6-3-7-13(17)11-12-16(19)14-8-4-5-9-15(14)18/h3-12,18H,2H2,1H3/b12-11+. The monoisotopic (exact) mass is 268 g/mol. The van der Waals surface area contributed by atoms with Crippen LogP contribution in [0.5, 0.6) is 11.5 Å². The molecule has 0 aromatic heterocycles. The Labute approximate surface area is 118 Å². The van der Waals surface area contributed by atoms with E-state index in [-0.39, 0.29) is 17.1 Å². The quantitative estimate of drug-likeness (QED) is 0.664. The Morgan fingerprint density at radius 3 is 2.60 bits per heavy atom. The van der Waals surface area contributed by atoms with Crippen LogP contribution in [-0.4, -0.2) is 17.5 Å². The van der Waals surface area contributed by atoms with Crippen molar-refractivity contribution in [3.63, 3.8) is 0 Å². The van der Waals surface area contributed by atoms with Crippen LogP contribution in [0.25, 0.3) is 6.08 Å². The number of ether oxygens (including phenoxy) is 1. The van der Waals surface area contributed by atoms with Crippen molar-refractivity contribution in [1.82, 2.24) is 0 Å². The van der Waals surface area contributed by atoms with Crippen molar-refractivity contribution in [2.75, 3.05) is 6.61 Å². The lowest BCUT2D eigenvalue weighted by atomic mass is 10.1. The van der Waals surface area contributed by atoms with Crippen molar-refractivity contribution in [3.05, 3.63) is 65.7 Å². The Morgan fingerprint density at radius 2 is 1.85 bits per heavy atom. The Hall–Kier alpha value is -2.55. The molecule has 2 aromatic rings. The van der Waals surface area contributed by atoms with Crippen LogP contribution < -0.4 is 4.74 Å². The summed E-state index contributed by atoms with van der Waals surface area (Å²) in [5, 5.41) is 9.64. The summed E-state index contributed by atoms with van der Waals surface area (Å²) in [6, 6.07) is 14.0. The van der Waals surface area contributed by atoms with E-state index in [1.807, 2.05) is 31.2 Å². The van der Waals surface area contributed by atoms with Crippen LogP contribution in [0.15, 0.2) is 54.6 Å². The topological polar surface area (TPSA) is 46.5 Å². The highest BCUT2D eigenvalue weighted by molar-refractivity contribution is 6.08. The van der Waals surface area contributed by atoms with Crippen LogP contribution >= 0.6 is 0 Å². The number of hydrogen-bond donors (Lipinski definition) is 1. The lowest BCUT2D eigenvalue weighted by molar-refractivity contribution is 0.104. The Balaban J connectivity index is 2.22. The first-order valence-electron chi connectivity index (χ1n) is 6.44.